The highest BCUT2D eigenvalue weighted by atomic mass is 32.3. The maximum atomic E-state index is 11.8. The largest absolute Gasteiger partial charge is 0.413 e. The van der Waals surface area contributed by atoms with Crippen molar-refractivity contribution >= 4 is 28.6 Å². The van der Waals surface area contributed by atoms with Gasteiger partial charge in [-0.25, -0.2) is 0 Å². The molecule has 0 aromatic rings. The standard InChI is InChI=1S/C9H16N4O7S/c1-6(15)10-11-9(16)8-3-2-7(4-13(8)5-14)12-20-21(17,18)19/h5,7-8,12H,2-4H2,1H3,(H,10,15)(H,11,16)(H,17,18,19)/t7-,8+/m1/s1. The van der Waals surface area contributed by atoms with Gasteiger partial charge in [-0.1, -0.05) is 0 Å². The van der Waals surface area contributed by atoms with Crippen LogP contribution in [-0.2, 0) is 29.1 Å². The van der Waals surface area contributed by atoms with Crippen molar-refractivity contribution in [2.45, 2.75) is 31.8 Å². The van der Waals surface area contributed by atoms with E-state index >= 15 is 0 Å². The summed E-state index contributed by atoms with van der Waals surface area (Å²) in [5.41, 5.74) is 6.37. The third kappa shape index (κ3) is 6.03. The number of rotatable bonds is 5. The summed E-state index contributed by atoms with van der Waals surface area (Å²) in [7, 11) is -4.64. The van der Waals surface area contributed by atoms with E-state index in [4.69, 9.17) is 4.55 Å². The van der Waals surface area contributed by atoms with Crippen LogP contribution < -0.4 is 16.3 Å². The first-order chi connectivity index (χ1) is 9.73. The average molecular weight is 324 g/mol. The Bertz CT molecular complexity index is 508. The van der Waals surface area contributed by atoms with Crippen LogP contribution in [0.1, 0.15) is 19.8 Å². The highest BCUT2D eigenvalue weighted by Gasteiger charge is 2.33. The molecule has 0 spiro atoms. The number of amides is 3. The Hall–Kier alpha value is -1.76. The van der Waals surface area contributed by atoms with Crippen molar-refractivity contribution in [1.29, 1.82) is 0 Å². The molecule has 0 saturated carbocycles. The monoisotopic (exact) mass is 324 g/mol. The van der Waals surface area contributed by atoms with Gasteiger partial charge in [0.05, 0.1) is 6.04 Å². The van der Waals surface area contributed by atoms with Crippen molar-refractivity contribution in [2.75, 3.05) is 6.54 Å². The van der Waals surface area contributed by atoms with Gasteiger partial charge < -0.3 is 4.90 Å². The summed E-state index contributed by atoms with van der Waals surface area (Å²) in [6.07, 6.45) is 0.966. The van der Waals surface area contributed by atoms with E-state index in [9.17, 15) is 22.8 Å². The maximum absolute atomic E-state index is 11.8. The fourth-order valence-electron chi connectivity index (χ4n) is 1.85. The summed E-state index contributed by atoms with van der Waals surface area (Å²) in [6, 6.07) is -1.36. The zero-order chi connectivity index (χ0) is 16.0. The highest BCUT2D eigenvalue weighted by molar-refractivity contribution is 7.80. The van der Waals surface area contributed by atoms with E-state index in [-0.39, 0.29) is 13.0 Å². The summed E-state index contributed by atoms with van der Waals surface area (Å²) in [6.45, 7) is 1.21. The molecule has 0 aromatic heterocycles. The molecule has 1 aliphatic rings. The summed E-state index contributed by atoms with van der Waals surface area (Å²) in [5.74, 6) is -1.02. The zero-order valence-corrected chi connectivity index (χ0v) is 11.9. The first kappa shape index (κ1) is 17.3. The molecule has 1 fully saturated rings. The molecule has 1 aliphatic heterocycles. The van der Waals surface area contributed by atoms with Crippen LogP contribution >= 0.6 is 0 Å². The molecule has 2 atom stereocenters. The molecule has 0 unspecified atom stereocenters. The molecule has 1 heterocycles. The van der Waals surface area contributed by atoms with Gasteiger partial charge in [-0.3, -0.25) is 29.8 Å². The summed E-state index contributed by atoms with van der Waals surface area (Å²) in [5, 5.41) is 0. The number of hydrogen-bond donors (Lipinski definition) is 4. The molecule has 0 aliphatic carbocycles. The van der Waals surface area contributed by atoms with Crippen LogP contribution in [0.4, 0.5) is 0 Å². The third-order valence-corrected chi connectivity index (χ3v) is 3.05. The summed E-state index contributed by atoms with van der Waals surface area (Å²) in [4.78, 5) is 34.6. The van der Waals surface area contributed by atoms with E-state index < -0.39 is 34.3 Å². The predicted molar refractivity (Wildman–Crippen MR) is 67.3 cm³/mol. The van der Waals surface area contributed by atoms with Gasteiger partial charge in [-0.2, -0.15) is 18.2 Å². The molecule has 12 heteroatoms. The van der Waals surface area contributed by atoms with E-state index in [2.05, 4.69) is 20.6 Å². The fraction of sp³-hybridized carbons (Fsp3) is 0.667. The molecule has 4 N–H and O–H groups in total. The molecule has 0 aromatic carbocycles. The summed E-state index contributed by atoms with van der Waals surface area (Å²) < 4.78 is 33.3. The lowest BCUT2D eigenvalue weighted by Crippen LogP contribution is -2.57. The second-order valence-corrected chi connectivity index (χ2v) is 5.41. The molecule has 1 rings (SSSR count). The van der Waals surface area contributed by atoms with Gasteiger partial charge in [0.25, 0.3) is 5.91 Å². The first-order valence-electron chi connectivity index (χ1n) is 5.92. The molecular weight excluding hydrogens is 308 g/mol. The van der Waals surface area contributed by atoms with E-state index in [1.54, 1.807) is 0 Å². The van der Waals surface area contributed by atoms with Gasteiger partial charge in [0.2, 0.25) is 12.3 Å². The van der Waals surface area contributed by atoms with Crippen LogP contribution in [0.15, 0.2) is 0 Å². The minimum absolute atomic E-state index is 0.00280. The van der Waals surface area contributed by atoms with Crippen molar-refractivity contribution in [1.82, 2.24) is 21.2 Å². The predicted octanol–water partition coefficient (Wildman–Crippen LogP) is -2.53. The Morgan fingerprint density at radius 1 is 1.33 bits per heavy atom. The van der Waals surface area contributed by atoms with Crippen LogP contribution in [0.25, 0.3) is 0 Å². The van der Waals surface area contributed by atoms with Gasteiger partial charge in [0.15, 0.2) is 0 Å². The molecule has 0 bridgehead atoms. The minimum Gasteiger partial charge on any atom is -0.332 e. The molecular formula is C9H16N4O7S. The molecule has 21 heavy (non-hydrogen) atoms. The number of carbonyl (C=O) groups is 3. The SMILES string of the molecule is CC(=O)NNC(=O)[C@@H]1CC[C@@H](NOS(=O)(=O)O)CN1C=O. The molecule has 0 radical (unpaired) electrons. The Balaban J connectivity index is 2.55. The van der Waals surface area contributed by atoms with Crippen molar-refractivity contribution < 1.29 is 31.6 Å². The van der Waals surface area contributed by atoms with Crippen LogP contribution in [0.2, 0.25) is 0 Å². The molecule has 3 amide bonds. The number of piperidine rings is 1. The van der Waals surface area contributed by atoms with Crippen molar-refractivity contribution in [3.63, 3.8) is 0 Å². The normalized spacial score (nSPS) is 22.5. The van der Waals surface area contributed by atoms with E-state index in [1.165, 1.54) is 6.92 Å². The average Bonchev–Trinajstić information content (AvgIpc) is 2.41. The van der Waals surface area contributed by atoms with Crippen LogP contribution in [0.5, 0.6) is 0 Å². The number of hydrogen-bond acceptors (Lipinski definition) is 7. The minimum atomic E-state index is -4.64. The molecule has 1 saturated heterocycles. The van der Waals surface area contributed by atoms with Crippen LogP contribution in [0.3, 0.4) is 0 Å². The molecule has 120 valence electrons. The maximum Gasteiger partial charge on any atom is 0.413 e. The smallest absolute Gasteiger partial charge is 0.332 e. The fourth-order valence-corrected chi connectivity index (χ4v) is 2.11. The van der Waals surface area contributed by atoms with Gasteiger partial charge in [0.1, 0.15) is 6.04 Å². The lowest BCUT2D eigenvalue weighted by atomic mass is 9.99. The van der Waals surface area contributed by atoms with Gasteiger partial charge >= 0.3 is 10.4 Å². The number of carbonyl (C=O) groups excluding carboxylic acids is 3. The Kier molecular flexibility index (Phi) is 6.02. The Labute approximate surface area is 120 Å². The van der Waals surface area contributed by atoms with Crippen molar-refractivity contribution in [3.8, 4) is 0 Å². The first-order valence-corrected chi connectivity index (χ1v) is 7.28. The highest BCUT2D eigenvalue weighted by Crippen LogP contribution is 2.16. The number of hydrazine groups is 1. The van der Waals surface area contributed by atoms with Crippen LogP contribution in [-0.4, -0.2) is 54.7 Å². The number of nitrogens with one attached hydrogen (secondary N) is 3. The van der Waals surface area contributed by atoms with Crippen molar-refractivity contribution in [3.05, 3.63) is 0 Å². The quantitative estimate of drug-likeness (QED) is 0.245. The zero-order valence-electron chi connectivity index (χ0n) is 11.1. The second-order valence-electron chi connectivity index (χ2n) is 4.39. The third-order valence-electron chi connectivity index (χ3n) is 2.74. The van der Waals surface area contributed by atoms with E-state index in [0.717, 1.165) is 4.90 Å². The van der Waals surface area contributed by atoms with E-state index in [0.29, 0.717) is 12.8 Å². The topological polar surface area (TPSA) is 154 Å². The second kappa shape index (κ2) is 7.31. The Morgan fingerprint density at radius 3 is 2.52 bits per heavy atom. The lowest BCUT2D eigenvalue weighted by Gasteiger charge is -2.35. The molecule has 11 nitrogen and oxygen atoms in total. The lowest BCUT2D eigenvalue weighted by molar-refractivity contribution is -0.137. The number of hydroxylamine groups is 1. The number of nitrogens with zero attached hydrogens (tertiary/aromatic N) is 1. The number of likely N-dealkylation sites (tertiary alicyclic amines) is 1. The van der Waals surface area contributed by atoms with Gasteiger partial charge in [-0.05, 0) is 12.8 Å². The Morgan fingerprint density at radius 2 is 2.00 bits per heavy atom. The van der Waals surface area contributed by atoms with E-state index in [1.807, 2.05) is 0 Å². The van der Waals surface area contributed by atoms with Crippen LogP contribution in [0, 0.1) is 0 Å². The van der Waals surface area contributed by atoms with Gasteiger partial charge in [-0.15, -0.1) is 0 Å². The van der Waals surface area contributed by atoms with Gasteiger partial charge in [0, 0.05) is 13.5 Å². The van der Waals surface area contributed by atoms with Crippen molar-refractivity contribution in [2.24, 2.45) is 0 Å². The summed E-state index contributed by atoms with van der Waals surface area (Å²) >= 11 is 0.